The van der Waals surface area contributed by atoms with Crippen molar-refractivity contribution in [2.75, 3.05) is 24.3 Å². The molecule has 4 aromatic rings. The molecular formula is C25H21ClN2O4S. The van der Waals surface area contributed by atoms with Crippen LogP contribution >= 0.6 is 11.6 Å². The van der Waals surface area contributed by atoms with Gasteiger partial charge in [-0.1, -0.05) is 48.0 Å². The molecule has 0 unspecified atom stereocenters. The van der Waals surface area contributed by atoms with Crippen LogP contribution in [0.2, 0.25) is 5.02 Å². The van der Waals surface area contributed by atoms with E-state index in [2.05, 4.69) is 10.6 Å². The van der Waals surface area contributed by atoms with Crippen LogP contribution in [0.1, 0.15) is 0 Å². The quantitative estimate of drug-likeness (QED) is 0.370. The SMILES string of the molecule is COc1ccc(S(=O)(=O)c2cc(Cl)ccc2NCC(=O)Nc2cccc3ccccc23)cc1. The lowest BCUT2D eigenvalue weighted by atomic mass is 10.1. The van der Waals surface area contributed by atoms with Gasteiger partial charge in [0.15, 0.2) is 0 Å². The lowest BCUT2D eigenvalue weighted by Crippen LogP contribution is -2.22. The monoisotopic (exact) mass is 480 g/mol. The van der Waals surface area contributed by atoms with Crippen LogP contribution in [0, 0.1) is 0 Å². The Balaban J connectivity index is 1.55. The van der Waals surface area contributed by atoms with E-state index in [4.69, 9.17) is 16.3 Å². The minimum absolute atomic E-state index is 0.0156. The second-order valence-corrected chi connectivity index (χ2v) is 9.60. The third-order valence-corrected chi connectivity index (χ3v) is 7.15. The maximum Gasteiger partial charge on any atom is 0.243 e. The fraction of sp³-hybridized carbons (Fsp3) is 0.0800. The number of benzene rings is 4. The Hall–Kier alpha value is -3.55. The largest absolute Gasteiger partial charge is 0.497 e. The molecule has 0 aliphatic rings. The Bertz CT molecular complexity index is 1420. The van der Waals surface area contributed by atoms with Gasteiger partial charge in [0.1, 0.15) is 5.75 Å². The van der Waals surface area contributed by atoms with Crippen LogP contribution in [0.15, 0.2) is 94.7 Å². The van der Waals surface area contributed by atoms with Gasteiger partial charge in [0.2, 0.25) is 15.7 Å². The number of hydrogen-bond donors (Lipinski definition) is 2. The zero-order chi connectivity index (χ0) is 23.4. The van der Waals surface area contributed by atoms with Crippen LogP contribution in [0.4, 0.5) is 11.4 Å². The molecule has 33 heavy (non-hydrogen) atoms. The van der Waals surface area contributed by atoms with Gasteiger partial charge in [-0.2, -0.15) is 0 Å². The zero-order valence-corrected chi connectivity index (χ0v) is 19.3. The summed E-state index contributed by atoms with van der Waals surface area (Å²) in [5.74, 6) is 0.234. The lowest BCUT2D eigenvalue weighted by Gasteiger charge is -2.14. The molecule has 0 bridgehead atoms. The summed E-state index contributed by atoms with van der Waals surface area (Å²) in [7, 11) is -2.38. The highest BCUT2D eigenvalue weighted by molar-refractivity contribution is 7.91. The van der Waals surface area contributed by atoms with E-state index in [1.165, 1.54) is 25.3 Å². The van der Waals surface area contributed by atoms with E-state index < -0.39 is 9.84 Å². The number of sulfone groups is 1. The molecule has 0 aromatic heterocycles. The van der Waals surface area contributed by atoms with E-state index in [-0.39, 0.29) is 33.0 Å². The molecule has 0 radical (unpaired) electrons. The van der Waals surface area contributed by atoms with Gasteiger partial charge in [0, 0.05) is 16.1 Å². The summed E-state index contributed by atoms with van der Waals surface area (Å²) in [6.45, 7) is -0.129. The molecule has 8 heteroatoms. The van der Waals surface area contributed by atoms with Crippen molar-refractivity contribution in [1.82, 2.24) is 0 Å². The minimum Gasteiger partial charge on any atom is -0.497 e. The van der Waals surface area contributed by atoms with Crippen molar-refractivity contribution >= 4 is 49.5 Å². The number of carbonyl (C=O) groups excluding carboxylic acids is 1. The van der Waals surface area contributed by atoms with Gasteiger partial charge in [-0.15, -0.1) is 0 Å². The van der Waals surface area contributed by atoms with Crippen LogP contribution in [-0.4, -0.2) is 28.0 Å². The average molecular weight is 481 g/mol. The van der Waals surface area contributed by atoms with Crippen molar-refractivity contribution in [3.63, 3.8) is 0 Å². The van der Waals surface area contributed by atoms with Crippen LogP contribution in [-0.2, 0) is 14.6 Å². The molecule has 0 heterocycles. The zero-order valence-electron chi connectivity index (χ0n) is 17.7. The fourth-order valence-electron chi connectivity index (χ4n) is 3.45. The molecule has 1 amide bonds. The molecular weight excluding hydrogens is 460 g/mol. The first-order valence-corrected chi connectivity index (χ1v) is 11.9. The molecule has 0 aliphatic carbocycles. The van der Waals surface area contributed by atoms with Crippen LogP contribution in [0.3, 0.4) is 0 Å². The Kier molecular flexibility index (Phi) is 6.53. The lowest BCUT2D eigenvalue weighted by molar-refractivity contribution is -0.114. The summed E-state index contributed by atoms with van der Waals surface area (Å²) in [6, 6.07) is 23.9. The Morgan fingerprint density at radius 1 is 0.909 bits per heavy atom. The molecule has 4 aromatic carbocycles. The number of fused-ring (bicyclic) bond motifs is 1. The van der Waals surface area contributed by atoms with Crippen molar-refractivity contribution < 1.29 is 17.9 Å². The molecule has 4 rings (SSSR count). The third kappa shape index (κ3) is 4.94. The summed E-state index contributed by atoms with van der Waals surface area (Å²) < 4.78 is 31.6. The van der Waals surface area contributed by atoms with Gasteiger partial charge >= 0.3 is 0 Å². The summed E-state index contributed by atoms with van der Waals surface area (Å²) in [5, 5.41) is 8.01. The van der Waals surface area contributed by atoms with Crippen LogP contribution in [0.25, 0.3) is 10.8 Å². The first-order chi connectivity index (χ1) is 15.9. The normalized spacial score (nSPS) is 11.2. The smallest absolute Gasteiger partial charge is 0.243 e. The molecule has 2 N–H and O–H groups in total. The topological polar surface area (TPSA) is 84.5 Å². The second-order valence-electron chi connectivity index (χ2n) is 7.25. The number of methoxy groups -OCH3 is 1. The first-order valence-electron chi connectivity index (χ1n) is 10.1. The van der Waals surface area contributed by atoms with Gasteiger partial charge in [0.05, 0.1) is 29.1 Å². The second kappa shape index (κ2) is 9.52. The molecule has 6 nitrogen and oxygen atoms in total. The van der Waals surface area contributed by atoms with Crippen molar-refractivity contribution in [3.8, 4) is 5.75 Å². The number of nitrogens with one attached hydrogen (secondary N) is 2. The number of halogens is 1. The summed E-state index contributed by atoms with van der Waals surface area (Å²) in [5.41, 5.74) is 0.963. The number of carbonyl (C=O) groups is 1. The van der Waals surface area contributed by atoms with Crippen molar-refractivity contribution in [3.05, 3.63) is 90.0 Å². The highest BCUT2D eigenvalue weighted by Crippen LogP contribution is 2.31. The summed E-state index contributed by atoms with van der Waals surface area (Å²) >= 11 is 6.09. The van der Waals surface area contributed by atoms with E-state index in [0.29, 0.717) is 11.4 Å². The van der Waals surface area contributed by atoms with E-state index in [0.717, 1.165) is 10.8 Å². The number of rotatable bonds is 7. The molecule has 168 valence electrons. The standard InChI is InChI=1S/C25H21ClN2O4S/c1-32-19-10-12-20(13-11-19)33(30,31)24-15-18(26)9-14-23(24)27-16-25(29)28-22-8-4-6-17-5-2-3-7-21(17)22/h2-15,27H,16H2,1H3,(H,28,29). The molecule has 0 saturated heterocycles. The molecule has 0 saturated carbocycles. The maximum atomic E-state index is 13.2. The van der Waals surface area contributed by atoms with Gasteiger partial charge in [-0.3, -0.25) is 4.79 Å². The van der Waals surface area contributed by atoms with Crippen molar-refractivity contribution in [2.24, 2.45) is 0 Å². The predicted octanol–water partition coefficient (Wildman–Crippen LogP) is 5.39. The number of hydrogen-bond acceptors (Lipinski definition) is 5. The predicted molar refractivity (Wildman–Crippen MR) is 131 cm³/mol. The minimum atomic E-state index is -3.89. The number of anilines is 2. The Morgan fingerprint density at radius 2 is 1.64 bits per heavy atom. The van der Waals surface area contributed by atoms with Crippen molar-refractivity contribution in [1.29, 1.82) is 0 Å². The van der Waals surface area contributed by atoms with Gasteiger partial charge in [0.25, 0.3) is 0 Å². The third-order valence-electron chi connectivity index (χ3n) is 5.11. The van der Waals surface area contributed by atoms with E-state index in [1.54, 1.807) is 24.3 Å². The molecule has 0 spiro atoms. The molecule has 0 fully saturated rings. The van der Waals surface area contributed by atoms with Gasteiger partial charge in [-0.05, 0) is 53.9 Å². The van der Waals surface area contributed by atoms with E-state index in [1.807, 2.05) is 42.5 Å². The summed E-state index contributed by atoms with van der Waals surface area (Å²) in [6.07, 6.45) is 0. The average Bonchev–Trinajstić information content (AvgIpc) is 2.83. The Labute approximate surface area is 197 Å². The van der Waals surface area contributed by atoms with Crippen molar-refractivity contribution in [2.45, 2.75) is 9.79 Å². The summed E-state index contributed by atoms with van der Waals surface area (Å²) in [4.78, 5) is 12.7. The molecule has 0 atom stereocenters. The van der Waals surface area contributed by atoms with Gasteiger partial charge < -0.3 is 15.4 Å². The van der Waals surface area contributed by atoms with E-state index >= 15 is 0 Å². The van der Waals surface area contributed by atoms with E-state index in [9.17, 15) is 13.2 Å². The Morgan fingerprint density at radius 3 is 2.39 bits per heavy atom. The fourth-order valence-corrected chi connectivity index (χ4v) is 5.15. The van der Waals surface area contributed by atoms with Gasteiger partial charge in [-0.25, -0.2) is 8.42 Å². The first kappa shape index (κ1) is 22.6. The maximum absolute atomic E-state index is 13.2. The molecule has 0 aliphatic heterocycles. The highest BCUT2D eigenvalue weighted by Gasteiger charge is 2.22. The highest BCUT2D eigenvalue weighted by atomic mass is 35.5. The van der Waals surface area contributed by atoms with Crippen LogP contribution in [0.5, 0.6) is 5.75 Å². The number of amides is 1. The van der Waals surface area contributed by atoms with Crippen LogP contribution < -0.4 is 15.4 Å². The number of ether oxygens (including phenoxy) is 1.